The van der Waals surface area contributed by atoms with E-state index >= 15 is 0 Å². The van der Waals surface area contributed by atoms with Crippen molar-refractivity contribution in [2.24, 2.45) is 13.0 Å². The molecule has 3 atom stereocenters. The molecule has 0 radical (unpaired) electrons. The maximum absolute atomic E-state index is 14.7. The van der Waals surface area contributed by atoms with Crippen molar-refractivity contribution in [3.63, 3.8) is 0 Å². The predicted octanol–water partition coefficient (Wildman–Crippen LogP) is 3.83. The van der Waals surface area contributed by atoms with Gasteiger partial charge in [-0.1, -0.05) is 42.3 Å². The van der Waals surface area contributed by atoms with Gasteiger partial charge in [-0.25, -0.2) is 4.79 Å². The number of fused-ring (bicyclic) bond motifs is 2. The van der Waals surface area contributed by atoms with Gasteiger partial charge in [0.05, 0.1) is 19.8 Å². The number of Topliss-reactive ketones (excluding diaryl/α,β-unsaturated/α-hetero) is 2. The second-order valence-electron chi connectivity index (χ2n) is 9.98. The summed E-state index contributed by atoms with van der Waals surface area (Å²) in [4.78, 5) is 57.0. The Kier molecular flexibility index (Phi) is 5.90. The van der Waals surface area contributed by atoms with E-state index in [1.54, 1.807) is 31.2 Å². The van der Waals surface area contributed by atoms with E-state index in [4.69, 9.17) is 37.4 Å². The van der Waals surface area contributed by atoms with E-state index in [9.17, 15) is 19.2 Å². The first-order chi connectivity index (χ1) is 19.0. The minimum Gasteiger partial charge on any atom is -0.496 e. The van der Waals surface area contributed by atoms with Crippen molar-refractivity contribution in [3.05, 3.63) is 89.2 Å². The monoisotopic (exact) mass is 583 g/mol. The van der Waals surface area contributed by atoms with Crippen molar-refractivity contribution in [3.8, 4) is 17.2 Å². The lowest BCUT2D eigenvalue weighted by Gasteiger charge is -2.42. The Morgan fingerprint density at radius 2 is 1.70 bits per heavy atom. The van der Waals surface area contributed by atoms with Crippen LogP contribution in [0.1, 0.15) is 40.7 Å². The third-order valence-corrected chi connectivity index (χ3v) is 8.55. The summed E-state index contributed by atoms with van der Waals surface area (Å²) >= 11 is 12.7. The Labute approximate surface area is 237 Å². The van der Waals surface area contributed by atoms with Crippen molar-refractivity contribution >= 4 is 40.6 Å². The molecule has 0 bridgehead atoms. The van der Waals surface area contributed by atoms with Gasteiger partial charge in [0.15, 0.2) is 5.75 Å². The second kappa shape index (κ2) is 9.00. The molecule has 40 heavy (non-hydrogen) atoms. The van der Waals surface area contributed by atoms with Gasteiger partial charge in [0.2, 0.25) is 17.2 Å². The number of hydrogen-bond acceptors (Lipinski definition) is 8. The normalized spacial score (nSPS) is 22.9. The summed E-state index contributed by atoms with van der Waals surface area (Å²) in [7, 11) is 4.33. The van der Waals surface area contributed by atoms with Crippen LogP contribution in [0.5, 0.6) is 17.2 Å². The number of anilines is 1. The quantitative estimate of drug-likeness (QED) is 0.445. The topological polar surface area (TPSA) is 129 Å². The summed E-state index contributed by atoms with van der Waals surface area (Å²) in [5, 5.41) is 3.65. The Morgan fingerprint density at radius 1 is 1.02 bits per heavy atom. The predicted molar refractivity (Wildman–Crippen MR) is 147 cm³/mol. The van der Waals surface area contributed by atoms with E-state index in [0.29, 0.717) is 16.3 Å². The summed E-state index contributed by atoms with van der Waals surface area (Å²) in [6.45, 7) is 1.73. The standard InChI is InChI=1S/C28H23Cl2N3O7/c1-11-9-14-18(23(34)28(11)24(35)19-15(38-3)10-16(39-4)21(30)22(19)40-28)17(12-5-7-13(29)8-6-12)20-25(31-14)33(2)27(37)32-26(20)36/h5-8,10-11,17,31H,9H2,1-4H3,(H,32,36,37)/t11-,17?,28+/m1/s1. The van der Waals surface area contributed by atoms with E-state index in [0.717, 1.165) is 0 Å². The second-order valence-corrected chi connectivity index (χ2v) is 10.8. The van der Waals surface area contributed by atoms with Crippen LogP contribution in [0.25, 0.3) is 0 Å². The van der Waals surface area contributed by atoms with Crippen LogP contribution in [0.4, 0.5) is 5.82 Å². The molecule has 0 amide bonds. The maximum atomic E-state index is 14.7. The molecule has 206 valence electrons. The molecule has 0 fully saturated rings. The largest absolute Gasteiger partial charge is 0.496 e. The Hall–Kier alpha value is -4.02. The molecule has 2 aromatic carbocycles. The highest BCUT2D eigenvalue weighted by Crippen LogP contribution is 2.56. The molecule has 1 aromatic heterocycles. The van der Waals surface area contributed by atoms with Crippen molar-refractivity contribution in [1.82, 2.24) is 9.55 Å². The molecule has 1 spiro atoms. The fourth-order valence-corrected chi connectivity index (χ4v) is 6.34. The van der Waals surface area contributed by atoms with E-state index in [1.165, 1.54) is 31.9 Å². The third kappa shape index (κ3) is 3.35. The number of carbonyl (C=O) groups is 2. The first kappa shape index (κ1) is 26.2. The molecule has 0 saturated heterocycles. The highest BCUT2D eigenvalue weighted by molar-refractivity contribution is 6.36. The Balaban J connectivity index is 1.60. The number of nitrogens with one attached hydrogen (secondary N) is 2. The molecule has 2 N–H and O–H groups in total. The van der Waals surface area contributed by atoms with Crippen LogP contribution in [-0.4, -0.2) is 40.9 Å². The zero-order valence-electron chi connectivity index (χ0n) is 21.8. The number of carbonyl (C=O) groups excluding carboxylic acids is 2. The molecule has 1 unspecified atom stereocenters. The van der Waals surface area contributed by atoms with Gasteiger partial charge >= 0.3 is 5.69 Å². The van der Waals surface area contributed by atoms with Gasteiger partial charge in [-0.3, -0.25) is 23.9 Å². The summed E-state index contributed by atoms with van der Waals surface area (Å²) in [5.41, 5.74) is -1.80. The van der Waals surface area contributed by atoms with Gasteiger partial charge in [0, 0.05) is 41.2 Å². The number of H-pyrrole nitrogens is 1. The number of rotatable bonds is 3. The van der Waals surface area contributed by atoms with Crippen molar-refractivity contribution < 1.29 is 23.8 Å². The number of halogens is 2. The van der Waals surface area contributed by atoms with Crippen LogP contribution in [0, 0.1) is 5.92 Å². The summed E-state index contributed by atoms with van der Waals surface area (Å²) in [6.07, 6.45) is 0.197. The first-order valence-corrected chi connectivity index (χ1v) is 13.1. The number of aromatic nitrogens is 2. The minimum atomic E-state index is -1.97. The smallest absolute Gasteiger partial charge is 0.329 e. The van der Waals surface area contributed by atoms with Crippen molar-refractivity contribution in [1.29, 1.82) is 0 Å². The highest BCUT2D eigenvalue weighted by Gasteiger charge is 2.63. The molecule has 3 aliphatic rings. The van der Waals surface area contributed by atoms with Crippen LogP contribution >= 0.6 is 23.2 Å². The molecular formula is C28H23Cl2N3O7. The zero-order chi connectivity index (χ0) is 28.7. The van der Waals surface area contributed by atoms with Crippen LogP contribution in [0.15, 0.2) is 51.2 Å². The number of aromatic amines is 1. The molecule has 6 rings (SSSR count). The average Bonchev–Trinajstić information content (AvgIpc) is 3.25. The van der Waals surface area contributed by atoms with E-state index < -0.39 is 40.3 Å². The molecule has 1 aliphatic carbocycles. The minimum absolute atomic E-state index is 0.000396. The van der Waals surface area contributed by atoms with Crippen LogP contribution in [0.2, 0.25) is 10.0 Å². The maximum Gasteiger partial charge on any atom is 0.329 e. The molecule has 3 aromatic rings. The summed E-state index contributed by atoms with van der Waals surface area (Å²) in [6, 6.07) is 8.16. The number of methoxy groups -OCH3 is 2. The first-order valence-electron chi connectivity index (χ1n) is 12.4. The van der Waals surface area contributed by atoms with Gasteiger partial charge in [-0.05, 0) is 24.1 Å². The van der Waals surface area contributed by atoms with E-state index in [1.807, 2.05) is 0 Å². The average molecular weight is 584 g/mol. The molecule has 2 aliphatic heterocycles. The van der Waals surface area contributed by atoms with E-state index in [2.05, 4.69) is 10.3 Å². The lowest BCUT2D eigenvalue weighted by atomic mass is 9.66. The Morgan fingerprint density at radius 3 is 2.35 bits per heavy atom. The lowest BCUT2D eigenvalue weighted by molar-refractivity contribution is -0.130. The van der Waals surface area contributed by atoms with Crippen LogP contribution in [0.3, 0.4) is 0 Å². The molecule has 12 heteroatoms. The number of ether oxygens (including phenoxy) is 3. The number of ketones is 2. The van der Waals surface area contributed by atoms with E-state index in [-0.39, 0.29) is 51.2 Å². The fraction of sp³-hybridized carbons (Fsp3) is 0.286. The molecular weight excluding hydrogens is 561 g/mol. The summed E-state index contributed by atoms with van der Waals surface area (Å²) in [5.74, 6) is -2.16. The number of benzene rings is 2. The highest BCUT2D eigenvalue weighted by atomic mass is 35.5. The van der Waals surface area contributed by atoms with Crippen LogP contribution < -0.4 is 30.8 Å². The molecule has 0 saturated carbocycles. The number of allylic oxidation sites excluding steroid dienone is 1. The lowest BCUT2D eigenvalue weighted by Crippen LogP contribution is -2.58. The Bertz CT molecular complexity index is 1790. The number of nitrogens with zero attached hydrogens (tertiary/aromatic N) is 1. The fourth-order valence-electron chi connectivity index (χ4n) is 5.95. The van der Waals surface area contributed by atoms with Crippen molar-refractivity contribution in [2.75, 3.05) is 19.5 Å². The SMILES string of the molecule is COc1cc(OC)c2c(c1Cl)O[C@@]1(C(=O)C3=C(C[C@H]1C)Nc1c(c(=O)[nH]c(=O)n1C)C3c1ccc(Cl)cc1)C2=O. The summed E-state index contributed by atoms with van der Waals surface area (Å²) < 4.78 is 18.4. The van der Waals surface area contributed by atoms with Gasteiger partial charge in [0.1, 0.15) is 27.9 Å². The number of hydrogen-bond donors (Lipinski definition) is 2. The van der Waals surface area contributed by atoms with Gasteiger partial charge in [0.25, 0.3) is 5.56 Å². The van der Waals surface area contributed by atoms with Gasteiger partial charge < -0.3 is 19.5 Å². The van der Waals surface area contributed by atoms with Crippen LogP contribution in [-0.2, 0) is 11.8 Å². The third-order valence-electron chi connectivity index (χ3n) is 7.94. The zero-order valence-corrected chi connectivity index (χ0v) is 23.3. The van der Waals surface area contributed by atoms with Gasteiger partial charge in [-0.15, -0.1) is 0 Å². The van der Waals surface area contributed by atoms with Crippen molar-refractivity contribution in [2.45, 2.75) is 24.9 Å². The molecule has 3 heterocycles. The molecule has 10 nitrogen and oxygen atoms in total. The van der Waals surface area contributed by atoms with Gasteiger partial charge in [-0.2, -0.15) is 0 Å².